The second-order valence-electron chi connectivity index (χ2n) is 6.46. The molecule has 0 radical (unpaired) electrons. The van der Waals surface area contributed by atoms with Gasteiger partial charge < -0.3 is 9.80 Å². The fourth-order valence-corrected chi connectivity index (χ4v) is 3.14. The Morgan fingerprint density at radius 1 is 1.00 bits per heavy atom. The molecule has 6 heteroatoms. The average Bonchev–Trinajstić information content (AvgIpc) is 2.65. The van der Waals surface area contributed by atoms with Gasteiger partial charge in [-0.15, -0.1) is 0 Å². The molecule has 0 aliphatic carbocycles. The first-order valence-electron chi connectivity index (χ1n) is 8.51. The molecule has 0 saturated carbocycles. The quantitative estimate of drug-likeness (QED) is 0.827. The summed E-state index contributed by atoms with van der Waals surface area (Å²) >= 11 is 5.75. The third-order valence-electron chi connectivity index (χ3n) is 4.56. The first-order valence-corrected chi connectivity index (χ1v) is 8.89. The molecule has 1 aliphatic rings. The van der Waals surface area contributed by atoms with Gasteiger partial charge in [0.05, 0.1) is 11.4 Å². The van der Waals surface area contributed by atoms with Crippen molar-refractivity contribution < 1.29 is 14.0 Å². The van der Waals surface area contributed by atoms with E-state index in [4.69, 9.17) is 11.6 Å². The van der Waals surface area contributed by atoms with Crippen LogP contribution in [0, 0.1) is 12.7 Å². The summed E-state index contributed by atoms with van der Waals surface area (Å²) in [6.45, 7) is 3.90. The van der Waals surface area contributed by atoms with Crippen LogP contribution in [0.25, 0.3) is 0 Å². The van der Waals surface area contributed by atoms with Gasteiger partial charge >= 0.3 is 0 Å². The van der Waals surface area contributed by atoms with Crippen molar-refractivity contribution in [3.8, 4) is 0 Å². The summed E-state index contributed by atoms with van der Waals surface area (Å²) < 4.78 is 13.2. The van der Waals surface area contributed by atoms with Crippen molar-refractivity contribution >= 4 is 23.4 Å². The number of piperazine rings is 1. The van der Waals surface area contributed by atoms with Gasteiger partial charge in [0.25, 0.3) is 5.91 Å². The second kappa shape index (κ2) is 7.87. The lowest BCUT2D eigenvalue weighted by Crippen LogP contribution is -2.51. The maximum atomic E-state index is 13.2. The highest BCUT2D eigenvalue weighted by Gasteiger charge is 2.25. The van der Waals surface area contributed by atoms with Crippen LogP contribution in [0.3, 0.4) is 0 Å². The van der Waals surface area contributed by atoms with Crippen LogP contribution in [0.4, 0.5) is 4.39 Å². The standard InChI is InChI=1S/C20H20ClFN2O2/c1-14-2-4-15(5-3-14)12-19(25)23-8-10-24(11-9-23)20(26)16-6-7-18(22)17(21)13-16/h2-7,13H,8-12H2,1H3. The van der Waals surface area contributed by atoms with Gasteiger partial charge in [0.2, 0.25) is 5.91 Å². The fraction of sp³-hybridized carbons (Fsp3) is 0.300. The molecule has 1 aliphatic heterocycles. The van der Waals surface area contributed by atoms with Crippen LogP contribution >= 0.6 is 11.6 Å². The van der Waals surface area contributed by atoms with E-state index >= 15 is 0 Å². The molecule has 0 atom stereocenters. The number of carbonyl (C=O) groups excluding carboxylic acids is 2. The highest BCUT2D eigenvalue weighted by atomic mass is 35.5. The average molecular weight is 375 g/mol. The van der Waals surface area contributed by atoms with Crippen molar-refractivity contribution in [1.82, 2.24) is 9.80 Å². The van der Waals surface area contributed by atoms with Crippen LogP contribution in [0.15, 0.2) is 42.5 Å². The molecule has 0 unspecified atom stereocenters. The molecule has 0 aromatic heterocycles. The Kier molecular flexibility index (Phi) is 5.57. The number of hydrogen-bond donors (Lipinski definition) is 0. The lowest BCUT2D eigenvalue weighted by molar-refractivity contribution is -0.131. The number of hydrogen-bond acceptors (Lipinski definition) is 2. The minimum atomic E-state index is -0.547. The highest BCUT2D eigenvalue weighted by Crippen LogP contribution is 2.18. The number of rotatable bonds is 3. The maximum absolute atomic E-state index is 13.2. The smallest absolute Gasteiger partial charge is 0.254 e. The van der Waals surface area contributed by atoms with Gasteiger partial charge in [-0.05, 0) is 30.7 Å². The molecule has 26 heavy (non-hydrogen) atoms. The van der Waals surface area contributed by atoms with Crippen LogP contribution < -0.4 is 0 Å². The first-order chi connectivity index (χ1) is 12.4. The molecule has 0 bridgehead atoms. The monoisotopic (exact) mass is 374 g/mol. The number of halogens is 2. The molecule has 3 rings (SSSR count). The molecule has 1 saturated heterocycles. The Hall–Kier alpha value is -2.40. The molecule has 1 fully saturated rings. The van der Waals surface area contributed by atoms with Gasteiger partial charge in [-0.2, -0.15) is 0 Å². The molecule has 0 spiro atoms. The minimum Gasteiger partial charge on any atom is -0.339 e. The van der Waals surface area contributed by atoms with Crippen LogP contribution in [-0.2, 0) is 11.2 Å². The molecule has 2 amide bonds. The first kappa shape index (κ1) is 18.4. The second-order valence-corrected chi connectivity index (χ2v) is 6.87. The van der Waals surface area contributed by atoms with Crippen molar-refractivity contribution in [1.29, 1.82) is 0 Å². The Morgan fingerprint density at radius 3 is 2.23 bits per heavy atom. The van der Waals surface area contributed by atoms with Crippen LogP contribution in [0.1, 0.15) is 21.5 Å². The molecule has 2 aromatic rings. The molecular weight excluding hydrogens is 355 g/mol. The minimum absolute atomic E-state index is 0.0609. The van der Waals surface area contributed by atoms with E-state index in [2.05, 4.69) is 0 Å². The van der Waals surface area contributed by atoms with E-state index in [1.807, 2.05) is 31.2 Å². The molecule has 4 nitrogen and oxygen atoms in total. The zero-order valence-electron chi connectivity index (χ0n) is 14.5. The zero-order valence-corrected chi connectivity index (χ0v) is 15.3. The summed E-state index contributed by atoms with van der Waals surface area (Å²) in [5.41, 5.74) is 2.50. The van der Waals surface area contributed by atoms with Gasteiger partial charge in [-0.1, -0.05) is 41.4 Å². The van der Waals surface area contributed by atoms with Crippen molar-refractivity contribution in [2.45, 2.75) is 13.3 Å². The Labute approximate surface area is 157 Å². The van der Waals surface area contributed by atoms with Gasteiger partial charge in [-0.25, -0.2) is 4.39 Å². The van der Waals surface area contributed by atoms with Crippen LogP contribution in [0.5, 0.6) is 0 Å². The van der Waals surface area contributed by atoms with Gasteiger partial charge in [0.1, 0.15) is 5.82 Å². The van der Waals surface area contributed by atoms with Crippen molar-refractivity contribution in [2.75, 3.05) is 26.2 Å². The lowest BCUT2D eigenvalue weighted by Gasteiger charge is -2.35. The number of nitrogens with zero attached hydrogens (tertiary/aromatic N) is 2. The summed E-state index contributed by atoms with van der Waals surface area (Å²) in [4.78, 5) is 28.4. The van der Waals surface area contributed by atoms with E-state index in [1.165, 1.54) is 18.2 Å². The van der Waals surface area contributed by atoms with Crippen LogP contribution in [-0.4, -0.2) is 47.8 Å². The van der Waals surface area contributed by atoms with Gasteiger partial charge in [0.15, 0.2) is 0 Å². The summed E-state index contributed by atoms with van der Waals surface area (Å²) in [5.74, 6) is -0.682. The Bertz CT molecular complexity index is 815. The van der Waals surface area contributed by atoms with E-state index in [1.54, 1.807) is 9.80 Å². The lowest BCUT2D eigenvalue weighted by atomic mass is 10.1. The van der Waals surface area contributed by atoms with Crippen LogP contribution in [0.2, 0.25) is 5.02 Å². The van der Waals surface area contributed by atoms with Crippen molar-refractivity contribution in [2.24, 2.45) is 0 Å². The summed E-state index contributed by atoms with van der Waals surface area (Å²) in [7, 11) is 0. The third-order valence-corrected chi connectivity index (χ3v) is 4.85. The predicted octanol–water partition coefficient (Wildman–Crippen LogP) is 3.31. The number of benzene rings is 2. The summed E-state index contributed by atoms with van der Waals surface area (Å²) in [6, 6.07) is 11.9. The molecule has 2 aromatic carbocycles. The fourth-order valence-electron chi connectivity index (χ4n) is 2.96. The topological polar surface area (TPSA) is 40.6 Å². The molecule has 1 heterocycles. The molecule has 0 N–H and O–H groups in total. The third kappa shape index (κ3) is 4.22. The van der Waals surface area contributed by atoms with E-state index in [0.29, 0.717) is 38.2 Å². The predicted molar refractivity (Wildman–Crippen MR) is 98.8 cm³/mol. The zero-order chi connectivity index (χ0) is 18.7. The number of carbonyl (C=O) groups is 2. The van der Waals surface area contributed by atoms with Crippen molar-refractivity contribution in [3.63, 3.8) is 0 Å². The van der Waals surface area contributed by atoms with Gasteiger partial charge in [0, 0.05) is 31.7 Å². The Morgan fingerprint density at radius 2 is 1.62 bits per heavy atom. The summed E-state index contributed by atoms with van der Waals surface area (Å²) in [6.07, 6.45) is 0.363. The summed E-state index contributed by atoms with van der Waals surface area (Å²) in [5, 5.41) is -0.0669. The van der Waals surface area contributed by atoms with E-state index in [0.717, 1.165) is 11.1 Å². The largest absolute Gasteiger partial charge is 0.339 e. The molecule has 136 valence electrons. The van der Waals surface area contributed by atoms with Gasteiger partial charge in [-0.3, -0.25) is 9.59 Å². The Balaban J connectivity index is 1.56. The van der Waals surface area contributed by atoms with E-state index < -0.39 is 5.82 Å². The highest BCUT2D eigenvalue weighted by molar-refractivity contribution is 6.31. The maximum Gasteiger partial charge on any atom is 0.254 e. The SMILES string of the molecule is Cc1ccc(CC(=O)N2CCN(C(=O)c3ccc(F)c(Cl)c3)CC2)cc1. The normalized spacial score (nSPS) is 14.4. The number of amides is 2. The van der Waals surface area contributed by atoms with Crippen molar-refractivity contribution in [3.05, 3.63) is 70.0 Å². The number of aryl methyl sites for hydroxylation is 1. The molecular formula is C20H20ClFN2O2. The van der Waals surface area contributed by atoms with E-state index in [-0.39, 0.29) is 16.8 Å². The van der Waals surface area contributed by atoms with E-state index in [9.17, 15) is 14.0 Å².